The van der Waals surface area contributed by atoms with Gasteiger partial charge in [-0.1, -0.05) is 0 Å². The molecule has 0 amide bonds. The van der Waals surface area contributed by atoms with Crippen LogP contribution >= 0.6 is 0 Å². The molecule has 1 aromatic heterocycles. The number of carboxylic acids is 1. The number of methoxy groups -OCH3 is 1. The number of fused-ring (bicyclic) bond motifs is 1. The smallest absolute Gasteiger partial charge is 0.320 e. The number of rotatable bonds is 4. The first-order chi connectivity index (χ1) is 9.38. The molecule has 0 fully saturated rings. The van der Waals surface area contributed by atoms with E-state index in [1.165, 1.54) is 20.1 Å². The van der Waals surface area contributed by atoms with E-state index in [-0.39, 0.29) is 11.4 Å². The quantitative estimate of drug-likeness (QED) is 0.683. The van der Waals surface area contributed by atoms with Gasteiger partial charge in [0.15, 0.2) is 5.75 Å². The zero-order chi connectivity index (χ0) is 15.0. The minimum absolute atomic E-state index is 0.118. The Balaban J connectivity index is 2.90. The van der Waals surface area contributed by atoms with E-state index in [1.54, 1.807) is 23.9 Å². The lowest BCUT2D eigenvalue weighted by Gasteiger charge is -2.07. The van der Waals surface area contributed by atoms with Gasteiger partial charge in [0.2, 0.25) is 0 Å². The molecule has 7 heteroatoms. The van der Waals surface area contributed by atoms with Gasteiger partial charge in [-0.3, -0.25) is 14.9 Å². The zero-order valence-corrected chi connectivity index (χ0v) is 11.3. The number of aliphatic carboxylic acids is 1. The Bertz CT molecular complexity index is 704. The van der Waals surface area contributed by atoms with Crippen LogP contribution in [0.15, 0.2) is 18.3 Å². The van der Waals surface area contributed by atoms with E-state index in [4.69, 9.17) is 9.84 Å². The molecule has 0 aliphatic heterocycles. The van der Waals surface area contributed by atoms with Gasteiger partial charge in [0.05, 0.1) is 28.9 Å². The van der Waals surface area contributed by atoms with Crippen molar-refractivity contribution in [2.75, 3.05) is 7.11 Å². The molecule has 0 saturated heterocycles. The van der Waals surface area contributed by atoms with Crippen LogP contribution in [0.4, 0.5) is 5.69 Å². The molecular formula is C13H14N2O5. The fraction of sp³-hybridized carbons (Fsp3) is 0.308. The maximum Gasteiger partial charge on any atom is 0.320 e. The maximum atomic E-state index is 11.3. The summed E-state index contributed by atoms with van der Waals surface area (Å²) in [5.41, 5.74) is 0.801. The summed E-state index contributed by atoms with van der Waals surface area (Å²) in [7, 11) is 3.06. The minimum Gasteiger partial charge on any atom is -0.490 e. The first-order valence-corrected chi connectivity index (χ1v) is 5.91. The second-order valence-electron chi connectivity index (χ2n) is 4.52. The third kappa shape index (κ3) is 1.97. The Hall–Kier alpha value is -2.57. The highest BCUT2D eigenvalue weighted by atomic mass is 16.6. The number of nitro groups is 1. The number of nitrogens with zero attached hydrogens (tertiary/aromatic N) is 2. The van der Waals surface area contributed by atoms with Gasteiger partial charge in [0, 0.05) is 13.2 Å². The number of hydrogen-bond acceptors (Lipinski definition) is 4. The summed E-state index contributed by atoms with van der Waals surface area (Å²) < 4.78 is 6.70. The summed E-state index contributed by atoms with van der Waals surface area (Å²) in [4.78, 5) is 22.0. The van der Waals surface area contributed by atoms with Crippen LogP contribution in [0.5, 0.6) is 5.75 Å². The molecule has 0 bridgehead atoms. The Labute approximate surface area is 114 Å². The predicted molar refractivity (Wildman–Crippen MR) is 72.2 cm³/mol. The lowest BCUT2D eigenvalue weighted by Crippen LogP contribution is -2.07. The monoisotopic (exact) mass is 278 g/mol. The molecule has 1 N–H and O–H groups in total. The fourth-order valence-corrected chi connectivity index (χ4v) is 2.29. The van der Waals surface area contributed by atoms with Crippen molar-refractivity contribution in [3.63, 3.8) is 0 Å². The van der Waals surface area contributed by atoms with Crippen LogP contribution in [0.3, 0.4) is 0 Å². The van der Waals surface area contributed by atoms with E-state index in [1.807, 2.05) is 0 Å². The molecule has 106 valence electrons. The summed E-state index contributed by atoms with van der Waals surface area (Å²) in [5, 5.41) is 20.8. The van der Waals surface area contributed by atoms with Crippen LogP contribution in [-0.4, -0.2) is 27.7 Å². The third-order valence-electron chi connectivity index (χ3n) is 3.36. The largest absolute Gasteiger partial charge is 0.490 e. The van der Waals surface area contributed by atoms with Crippen molar-refractivity contribution >= 4 is 22.6 Å². The van der Waals surface area contributed by atoms with Crippen LogP contribution in [0.25, 0.3) is 10.9 Å². The Morgan fingerprint density at radius 1 is 1.50 bits per heavy atom. The summed E-state index contributed by atoms with van der Waals surface area (Å²) in [6.45, 7) is 1.50. The van der Waals surface area contributed by atoms with E-state index < -0.39 is 16.8 Å². The standard InChI is InChI=1S/C13H14N2O5/c1-7(13(16)17)8-6-14(2)9-4-5-10(20-3)12(11(8)9)15(18)19/h4-7H,1-3H3,(H,16,17). The van der Waals surface area contributed by atoms with Crippen LogP contribution < -0.4 is 4.74 Å². The Morgan fingerprint density at radius 3 is 2.65 bits per heavy atom. The molecular weight excluding hydrogens is 264 g/mol. The first-order valence-electron chi connectivity index (χ1n) is 5.91. The van der Waals surface area contributed by atoms with Gasteiger partial charge in [-0.15, -0.1) is 0 Å². The number of benzene rings is 1. The van der Waals surface area contributed by atoms with Gasteiger partial charge < -0.3 is 14.4 Å². The van der Waals surface area contributed by atoms with Crippen molar-refractivity contribution in [2.24, 2.45) is 7.05 Å². The number of nitro benzene ring substituents is 1. The van der Waals surface area contributed by atoms with Crippen LogP contribution in [0.2, 0.25) is 0 Å². The summed E-state index contributed by atoms with van der Waals surface area (Å²) in [5.74, 6) is -1.76. The van der Waals surface area contributed by atoms with Crippen molar-refractivity contribution in [1.29, 1.82) is 0 Å². The molecule has 0 spiro atoms. The van der Waals surface area contributed by atoms with E-state index in [9.17, 15) is 14.9 Å². The highest BCUT2D eigenvalue weighted by molar-refractivity contribution is 5.98. The second kappa shape index (κ2) is 4.84. The van der Waals surface area contributed by atoms with E-state index in [0.717, 1.165) is 0 Å². The van der Waals surface area contributed by atoms with E-state index in [2.05, 4.69) is 0 Å². The van der Waals surface area contributed by atoms with Gasteiger partial charge in [-0.2, -0.15) is 0 Å². The van der Waals surface area contributed by atoms with Gasteiger partial charge >= 0.3 is 11.7 Å². The molecule has 1 heterocycles. The average Bonchev–Trinajstić information content (AvgIpc) is 2.73. The van der Waals surface area contributed by atoms with Gasteiger partial charge in [-0.25, -0.2) is 0 Å². The molecule has 20 heavy (non-hydrogen) atoms. The average molecular weight is 278 g/mol. The number of ether oxygens (including phenoxy) is 1. The topological polar surface area (TPSA) is 94.6 Å². The van der Waals surface area contributed by atoms with Crippen LogP contribution in [0, 0.1) is 10.1 Å². The second-order valence-corrected chi connectivity index (χ2v) is 4.52. The SMILES string of the molecule is COc1ccc2c(c(C(C)C(=O)O)cn2C)c1[N+](=O)[O-]. The normalized spacial score (nSPS) is 12.3. The lowest BCUT2D eigenvalue weighted by molar-refractivity contribution is -0.384. The Morgan fingerprint density at radius 2 is 2.15 bits per heavy atom. The molecule has 1 aromatic carbocycles. The van der Waals surface area contributed by atoms with Crippen molar-refractivity contribution < 1.29 is 19.6 Å². The van der Waals surface area contributed by atoms with Crippen molar-refractivity contribution in [2.45, 2.75) is 12.8 Å². The third-order valence-corrected chi connectivity index (χ3v) is 3.36. The predicted octanol–water partition coefficient (Wildman–Crippen LogP) is 2.28. The van der Waals surface area contributed by atoms with Crippen molar-refractivity contribution in [1.82, 2.24) is 4.57 Å². The fourth-order valence-electron chi connectivity index (χ4n) is 2.29. The number of aryl methyl sites for hydroxylation is 1. The molecule has 0 aliphatic rings. The van der Waals surface area contributed by atoms with E-state index >= 15 is 0 Å². The first kappa shape index (κ1) is 13.9. The van der Waals surface area contributed by atoms with Crippen molar-refractivity contribution in [3.8, 4) is 5.75 Å². The molecule has 7 nitrogen and oxygen atoms in total. The molecule has 0 saturated carbocycles. The molecule has 0 aliphatic carbocycles. The van der Waals surface area contributed by atoms with Crippen molar-refractivity contribution in [3.05, 3.63) is 34.0 Å². The molecule has 2 rings (SSSR count). The van der Waals surface area contributed by atoms with Gasteiger partial charge in [-0.05, 0) is 24.6 Å². The highest BCUT2D eigenvalue weighted by Crippen LogP contribution is 2.40. The van der Waals surface area contributed by atoms with Gasteiger partial charge in [0.1, 0.15) is 0 Å². The molecule has 1 atom stereocenters. The zero-order valence-electron chi connectivity index (χ0n) is 11.3. The van der Waals surface area contributed by atoms with Gasteiger partial charge in [0.25, 0.3) is 0 Å². The number of aromatic nitrogens is 1. The van der Waals surface area contributed by atoms with Crippen LogP contribution in [-0.2, 0) is 11.8 Å². The highest BCUT2D eigenvalue weighted by Gasteiger charge is 2.28. The Kier molecular flexibility index (Phi) is 3.35. The summed E-state index contributed by atoms with van der Waals surface area (Å²) in [6.07, 6.45) is 1.61. The molecule has 0 radical (unpaired) electrons. The number of carboxylic acid groups (broad SMARTS) is 1. The molecule has 2 aromatic rings. The summed E-state index contributed by atoms with van der Waals surface area (Å²) in [6, 6.07) is 3.19. The van der Waals surface area contributed by atoms with Crippen LogP contribution in [0.1, 0.15) is 18.4 Å². The molecule has 1 unspecified atom stereocenters. The lowest BCUT2D eigenvalue weighted by atomic mass is 9.99. The van der Waals surface area contributed by atoms with E-state index in [0.29, 0.717) is 16.5 Å². The number of carbonyl (C=O) groups is 1. The summed E-state index contributed by atoms with van der Waals surface area (Å²) >= 11 is 0. The maximum absolute atomic E-state index is 11.3. The number of hydrogen-bond donors (Lipinski definition) is 1. The minimum atomic E-state index is -1.03.